The molecule has 794 valence electrons. The van der Waals surface area contributed by atoms with Gasteiger partial charge < -0.3 is 148 Å². The van der Waals surface area contributed by atoms with Gasteiger partial charge in [-0.1, -0.05) is 98.2 Å². The molecular formula is C97H157N9O34. The summed E-state index contributed by atoms with van der Waals surface area (Å²) in [5.74, 6) is -10.9. The lowest BCUT2D eigenvalue weighted by molar-refractivity contribution is -0.271. The van der Waals surface area contributed by atoms with Gasteiger partial charge in [0.15, 0.2) is 11.9 Å². The molecule has 3 aliphatic rings. The number of benzene rings is 2. The Morgan fingerprint density at radius 2 is 1.11 bits per heavy atom. The number of ether oxygens (including phenoxy) is 17. The van der Waals surface area contributed by atoms with E-state index in [1.165, 1.54) is 39.5 Å². The molecule has 9 amide bonds. The third-order valence-corrected chi connectivity index (χ3v) is 24.3. The maximum absolute atomic E-state index is 15.1. The third kappa shape index (κ3) is 42.6. The number of amides is 9. The molecule has 3 heterocycles. The number of nitrogens with one attached hydrogen (secondary N) is 4. The molecule has 0 aromatic heterocycles. The van der Waals surface area contributed by atoms with E-state index in [0.29, 0.717) is 175 Å². The molecule has 2 saturated heterocycles. The lowest BCUT2D eigenvalue weighted by Gasteiger charge is -2.41. The molecule has 17 atom stereocenters. The van der Waals surface area contributed by atoms with Crippen LogP contribution in [-0.4, -0.2) is 403 Å². The number of aliphatic hydroxyl groups is 4. The maximum Gasteiger partial charge on any atom is 0.410 e. The molecule has 0 aliphatic carbocycles. The van der Waals surface area contributed by atoms with Crippen molar-refractivity contribution in [3.05, 3.63) is 71.8 Å². The van der Waals surface area contributed by atoms with Crippen LogP contribution in [0, 0.1) is 35.5 Å². The average molecular weight is 1990 g/mol. The zero-order valence-corrected chi connectivity index (χ0v) is 83.8. The molecule has 43 heteroatoms. The molecule has 2 aromatic rings. The average Bonchev–Trinajstić information content (AvgIpc) is 1.05. The van der Waals surface area contributed by atoms with Gasteiger partial charge in [-0.05, 0) is 79.0 Å². The van der Waals surface area contributed by atoms with Gasteiger partial charge in [0.05, 0.1) is 201 Å². The number of nitrogens with zero attached hydrogens (tertiary/aromatic N) is 4. The smallest absolute Gasteiger partial charge is 0.410 e. The lowest BCUT2D eigenvalue weighted by atomic mass is 9.83. The summed E-state index contributed by atoms with van der Waals surface area (Å²) in [6.07, 6.45) is -10.3. The molecule has 0 bridgehead atoms. The van der Waals surface area contributed by atoms with Gasteiger partial charge in [-0.15, -0.1) is 0 Å². The second kappa shape index (κ2) is 68.5. The highest BCUT2D eigenvalue weighted by Gasteiger charge is 2.50. The number of carboxylic acids is 1. The Morgan fingerprint density at radius 3 is 1.61 bits per heavy atom. The van der Waals surface area contributed by atoms with Crippen LogP contribution in [-0.2, 0) is 135 Å². The van der Waals surface area contributed by atoms with Gasteiger partial charge in [-0.3, -0.25) is 52.8 Å². The number of ketones is 2. The number of aliphatic hydroxyl groups excluding tert-OH is 4. The number of unbranched alkanes of at least 4 members (excludes halogenated alkanes) is 1. The number of hydrogen-bond acceptors (Lipinski definition) is 34. The minimum atomic E-state index is -2.10. The molecule has 0 saturated carbocycles. The first-order valence-electron chi connectivity index (χ1n) is 48.4. The Hall–Kier alpha value is -8.78. The zero-order chi connectivity index (χ0) is 103. The van der Waals surface area contributed by atoms with Gasteiger partial charge in [0.1, 0.15) is 48.5 Å². The first-order chi connectivity index (χ1) is 67.2. The molecule has 3 aliphatic heterocycles. The van der Waals surface area contributed by atoms with E-state index in [1.54, 1.807) is 58.6 Å². The summed E-state index contributed by atoms with van der Waals surface area (Å²) in [7, 11) is 7.61. The monoisotopic (exact) mass is 1990 g/mol. The fourth-order valence-electron chi connectivity index (χ4n) is 16.3. The van der Waals surface area contributed by atoms with Crippen molar-refractivity contribution >= 4 is 76.6 Å². The standard InChI is InChI=1S/C97H157N9O34/c1-14-65(6)85(78(125-12)60-83(113)105-33-20-24-73(105)90(126-13)67(8)75(107)57-66(7)86(114)69-21-16-15-17-22-69)103(9)94(120)70(63(2)3)59-76(108)84(64(4)5)104(10)97(123)138-62-68-25-26-77(139-96-89(117)87(115)88(116)91(140-96)95(121)122)72(58-68)101-80(110)29-32-100-92(118)71(102-93(119)74(61-98)106-81(111)27-28-82(106)112)23-18-19-31-99-79(109)30-34-127-37-38-129-41-42-131-45-46-133-49-50-135-53-54-137-56-55-136-52-51-134-48-47-132-44-43-130-40-39-128-36-35-124-11/h15-17,21-22,25-28,58,63-67,70-71,73-74,78,84-91,96,114-117H,14,18-20,23-24,29-57,59-62,98H2,1-13H3,(H,99,109)(H,100,118)(H,101,110)(H,102,119)(H,121,122)/t65?,66?,67?,70?,71?,73?,74?,78?,84?,85?,86?,87-,88-,89+,90?,91-,96+/m0/s1. The molecular weight excluding hydrogens is 1840 g/mol. The van der Waals surface area contributed by atoms with E-state index >= 15 is 4.79 Å². The van der Waals surface area contributed by atoms with Gasteiger partial charge in [0, 0.05) is 111 Å². The third-order valence-electron chi connectivity index (χ3n) is 24.3. The Kier molecular flexibility index (Phi) is 59.5. The minimum Gasteiger partial charge on any atom is -0.479 e. The number of carbonyl (C=O) groups is 12. The predicted octanol–water partition coefficient (Wildman–Crippen LogP) is 2.72. The summed E-state index contributed by atoms with van der Waals surface area (Å²) in [6, 6.07) is 7.84. The number of hydrogen-bond donors (Lipinski definition) is 10. The van der Waals surface area contributed by atoms with E-state index in [-0.39, 0.29) is 105 Å². The van der Waals surface area contributed by atoms with E-state index in [1.807, 2.05) is 51.1 Å². The van der Waals surface area contributed by atoms with Crippen LogP contribution in [0.1, 0.15) is 143 Å². The van der Waals surface area contributed by atoms with Gasteiger partial charge >= 0.3 is 12.1 Å². The van der Waals surface area contributed by atoms with Crippen molar-refractivity contribution in [3.8, 4) is 5.75 Å². The molecule has 2 aromatic carbocycles. The van der Waals surface area contributed by atoms with Crippen molar-refractivity contribution in [1.82, 2.24) is 35.6 Å². The summed E-state index contributed by atoms with van der Waals surface area (Å²) in [4.78, 5) is 170. The fraction of sp³-hybridized carbons (Fsp3) is 0.732. The van der Waals surface area contributed by atoms with Gasteiger partial charge in [-0.25, -0.2) is 9.59 Å². The predicted molar refractivity (Wildman–Crippen MR) is 507 cm³/mol. The Labute approximate surface area is 821 Å². The van der Waals surface area contributed by atoms with Crippen LogP contribution in [0.15, 0.2) is 60.7 Å². The first kappa shape index (κ1) is 122. The summed E-state index contributed by atoms with van der Waals surface area (Å²) in [5.41, 5.74) is 6.56. The van der Waals surface area contributed by atoms with E-state index in [2.05, 4.69) is 21.3 Å². The van der Waals surface area contributed by atoms with Crippen LogP contribution >= 0.6 is 0 Å². The minimum absolute atomic E-state index is 0.0192. The van der Waals surface area contributed by atoms with E-state index in [0.717, 1.165) is 17.1 Å². The highest BCUT2D eigenvalue weighted by Crippen LogP contribution is 2.36. The molecule has 12 unspecified atom stereocenters. The summed E-state index contributed by atoms with van der Waals surface area (Å²) >= 11 is 0. The molecule has 2 fully saturated rings. The number of carbonyl (C=O) groups excluding carboxylic acids is 11. The summed E-state index contributed by atoms with van der Waals surface area (Å²) < 4.78 is 94.6. The number of aliphatic carboxylic acids is 1. The number of imide groups is 1. The van der Waals surface area contributed by atoms with E-state index in [4.69, 9.17) is 86.3 Å². The molecule has 140 heavy (non-hydrogen) atoms. The maximum atomic E-state index is 15.1. The largest absolute Gasteiger partial charge is 0.479 e. The highest BCUT2D eigenvalue weighted by atomic mass is 16.7. The normalized spacial score (nSPS) is 18.9. The highest BCUT2D eigenvalue weighted by molar-refractivity contribution is 6.15. The van der Waals surface area contributed by atoms with Crippen LogP contribution in [0.2, 0.25) is 0 Å². The van der Waals surface area contributed by atoms with Crippen LogP contribution in [0.3, 0.4) is 0 Å². The molecule has 11 N–H and O–H groups in total. The number of rotatable bonds is 77. The quantitative estimate of drug-likeness (QED) is 0.0336. The molecule has 43 nitrogen and oxygen atoms in total. The van der Waals surface area contributed by atoms with Crippen molar-refractivity contribution < 1.29 is 164 Å². The Bertz CT molecular complexity index is 4010. The van der Waals surface area contributed by atoms with Gasteiger partial charge in [0.2, 0.25) is 41.7 Å². The number of carboxylic acid groups (broad SMARTS) is 1. The van der Waals surface area contributed by atoms with Crippen molar-refractivity contribution in [2.24, 2.45) is 41.2 Å². The molecule has 0 spiro atoms. The van der Waals surface area contributed by atoms with Crippen LogP contribution in [0.4, 0.5) is 10.5 Å². The SMILES string of the molecule is CCC(C)C(C(CC(=O)N1CCCC1C(OC)C(C)C(=O)CC(C)C(O)c1ccccc1)OC)N(C)C(=O)C(CC(=O)C(C(C)C)N(C)C(=O)OCc1ccc(O[C@@H]2O[C@H](C(=O)O)[C@@H](O)[C@H](O)[C@H]2O)c(NC(=O)CCNC(=O)C(CCCCNC(=O)CCOCCOCCOCCOCCOCCOCCOCCOCCOCCOCCOCCOC)NC(=O)C(CN)N2C(=O)C=CC2=O)c1)C(C)C. The van der Waals surface area contributed by atoms with E-state index < -0.39 is 188 Å². The topological polar surface area (TPSA) is 550 Å². The number of anilines is 1. The number of nitrogens with two attached hydrogens (primary N) is 1. The van der Waals surface area contributed by atoms with Crippen molar-refractivity contribution in [2.75, 3.05) is 219 Å². The van der Waals surface area contributed by atoms with Gasteiger partial charge in [0.25, 0.3) is 11.8 Å². The zero-order valence-electron chi connectivity index (χ0n) is 83.8. The first-order valence-corrected chi connectivity index (χ1v) is 48.4. The number of likely N-dealkylation sites (N-methyl/N-ethyl adjacent to an activating group) is 2. The lowest BCUT2D eigenvalue weighted by Crippen LogP contribution is -2.61. The van der Waals surface area contributed by atoms with Gasteiger partial charge in [-0.2, -0.15) is 0 Å². The van der Waals surface area contributed by atoms with Crippen molar-refractivity contribution in [2.45, 2.75) is 212 Å². The van der Waals surface area contributed by atoms with Crippen LogP contribution in [0.25, 0.3) is 0 Å². The van der Waals surface area contributed by atoms with Crippen LogP contribution < -0.4 is 31.7 Å². The second-order valence-electron chi connectivity index (χ2n) is 35.3. The Morgan fingerprint density at radius 1 is 0.579 bits per heavy atom. The Balaban J connectivity index is 1.10. The van der Waals surface area contributed by atoms with Crippen molar-refractivity contribution in [3.63, 3.8) is 0 Å². The summed E-state index contributed by atoms with van der Waals surface area (Å²) in [6.45, 7) is 22.9. The summed E-state index contributed by atoms with van der Waals surface area (Å²) in [5, 5.41) is 63.6. The fourth-order valence-corrected chi connectivity index (χ4v) is 16.3. The number of Topliss-reactive ketones (excluding diaryl/α,β-unsaturated/α-hetero) is 2. The van der Waals surface area contributed by atoms with Crippen LogP contribution in [0.5, 0.6) is 5.75 Å². The number of likely N-dealkylation sites (tertiary alicyclic amines) is 1. The van der Waals surface area contributed by atoms with Crippen molar-refractivity contribution in [1.29, 1.82) is 0 Å². The molecule has 5 rings (SSSR count). The second-order valence-corrected chi connectivity index (χ2v) is 35.3. The molecule has 0 radical (unpaired) electrons. The number of methoxy groups -OCH3 is 3. The van der Waals surface area contributed by atoms with E-state index in [9.17, 15) is 78.3 Å².